The molecule has 1 amide bonds. The van der Waals surface area contributed by atoms with Crippen LogP contribution in [0.5, 0.6) is 5.75 Å². The fraction of sp³-hybridized carbons (Fsp3) is 0.0526. The Morgan fingerprint density at radius 2 is 1.90 bits per heavy atom. The molecular formula is C19H13N3O6S2. The van der Waals surface area contributed by atoms with E-state index in [0.29, 0.717) is 11.3 Å². The Bertz CT molecular complexity index is 1280. The number of amides is 1. The molecule has 0 bridgehead atoms. The van der Waals surface area contributed by atoms with Crippen LogP contribution in [0.4, 0.5) is 10.8 Å². The van der Waals surface area contributed by atoms with E-state index in [1.54, 1.807) is 12.1 Å². The average molecular weight is 443 g/mol. The second kappa shape index (κ2) is 7.69. The lowest BCUT2D eigenvalue weighted by atomic mass is 10.1. The molecule has 0 radical (unpaired) electrons. The van der Waals surface area contributed by atoms with Crippen LogP contribution in [0.15, 0.2) is 69.4 Å². The molecule has 0 spiro atoms. The van der Waals surface area contributed by atoms with Crippen molar-refractivity contribution in [2.24, 2.45) is 0 Å². The number of rotatable bonds is 5. The Morgan fingerprint density at radius 1 is 1.17 bits per heavy atom. The zero-order valence-electron chi connectivity index (χ0n) is 15.1. The number of carbonyl (C=O) groups is 1. The normalized spacial score (nSPS) is 13.0. The van der Waals surface area contributed by atoms with Crippen molar-refractivity contribution in [2.75, 3.05) is 11.9 Å². The molecule has 0 unspecified atom stereocenters. The van der Waals surface area contributed by atoms with Gasteiger partial charge in [-0.2, -0.15) is 0 Å². The molecule has 0 saturated heterocycles. The predicted octanol–water partition coefficient (Wildman–Crippen LogP) is 3.30. The zero-order valence-corrected chi connectivity index (χ0v) is 16.8. The molecule has 3 aromatic rings. The van der Waals surface area contributed by atoms with Gasteiger partial charge in [0.1, 0.15) is 16.6 Å². The Balaban J connectivity index is 1.52. The summed E-state index contributed by atoms with van der Waals surface area (Å²) in [6.45, 7) is 0.0855. The van der Waals surface area contributed by atoms with Gasteiger partial charge < -0.3 is 4.74 Å². The number of non-ortho nitro benzene ring substituents is 1. The number of para-hydroxylation sites is 1. The molecular weight excluding hydrogens is 430 g/mol. The molecule has 30 heavy (non-hydrogen) atoms. The van der Waals surface area contributed by atoms with Crippen molar-refractivity contribution >= 4 is 44.0 Å². The number of thiazole rings is 1. The second-order valence-corrected chi connectivity index (χ2v) is 9.40. The van der Waals surface area contributed by atoms with E-state index in [4.69, 9.17) is 4.74 Å². The average Bonchev–Trinajstić information content (AvgIpc) is 3.22. The maximum absolute atomic E-state index is 12.7. The van der Waals surface area contributed by atoms with E-state index >= 15 is 0 Å². The second-order valence-electron chi connectivity index (χ2n) is 6.19. The standard InChI is InChI=1S/C19H13N3O6S2/c23-18(13-9-12-3-1-2-4-16(12)28-11-13)21-19-20-10-17(29-19)30(26,27)15-7-5-14(6-8-15)22(24)25/h1-10H,11H2,(H,20,21,23). The lowest BCUT2D eigenvalue weighted by Crippen LogP contribution is -2.21. The Kier molecular flexibility index (Phi) is 5.06. The molecule has 11 heteroatoms. The summed E-state index contributed by atoms with van der Waals surface area (Å²) >= 11 is 0.790. The number of ether oxygens (including phenoxy) is 1. The van der Waals surface area contributed by atoms with Gasteiger partial charge in [0, 0.05) is 17.7 Å². The third kappa shape index (κ3) is 3.80. The first-order chi connectivity index (χ1) is 14.3. The summed E-state index contributed by atoms with van der Waals surface area (Å²) in [6.07, 6.45) is 2.84. The SMILES string of the molecule is O=C(Nc1ncc(S(=O)(=O)c2ccc([N+](=O)[O-])cc2)s1)C1=Cc2ccccc2OC1. The number of sulfone groups is 1. The minimum absolute atomic E-state index is 0.0855. The topological polar surface area (TPSA) is 128 Å². The largest absolute Gasteiger partial charge is 0.488 e. The molecule has 1 aliphatic rings. The maximum Gasteiger partial charge on any atom is 0.269 e. The Labute approximate surface area is 174 Å². The summed E-state index contributed by atoms with van der Waals surface area (Å²) in [5.41, 5.74) is 0.939. The fourth-order valence-corrected chi connectivity index (χ4v) is 5.16. The number of hydrogen-bond acceptors (Lipinski definition) is 8. The summed E-state index contributed by atoms with van der Waals surface area (Å²) in [4.78, 5) is 26.5. The van der Waals surface area contributed by atoms with E-state index in [1.807, 2.05) is 18.2 Å². The van der Waals surface area contributed by atoms with Gasteiger partial charge in [-0.05, 0) is 24.3 Å². The first kappa shape index (κ1) is 19.7. The van der Waals surface area contributed by atoms with Crippen molar-refractivity contribution in [3.8, 4) is 5.75 Å². The summed E-state index contributed by atoms with van der Waals surface area (Å²) in [6, 6.07) is 11.8. The van der Waals surface area contributed by atoms with Crippen LogP contribution < -0.4 is 10.1 Å². The molecule has 9 nitrogen and oxygen atoms in total. The van der Waals surface area contributed by atoms with Crippen LogP contribution in [0.25, 0.3) is 6.08 Å². The first-order valence-corrected chi connectivity index (χ1v) is 10.8. The highest BCUT2D eigenvalue weighted by molar-refractivity contribution is 7.93. The van der Waals surface area contributed by atoms with E-state index in [0.717, 1.165) is 47.4 Å². The van der Waals surface area contributed by atoms with Gasteiger partial charge in [-0.1, -0.05) is 29.5 Å². The van der Waals surface area contributed by atoms with E-state index in [-0.39, 0.29) is 26.5 Å². The number of carbonyl (C=O) groups excluding carboxylic acids is 1. The number of aromatic nitrogens is 1. The first-order valence-electron chi connectivity index (χ1n) is 8.54. The van der Waals surface area contributed by atoms with Crippen LogP contribution in [0.3, 0.4) is 0 Å². The van der Waals surface area contributed by atoms with Crippen molar-refractivity contribution in [1.29, 1.82) is 0 Å². The van der Waals surface area contributed by atoms with Crippen molar-refractivity contribution < 1.29 is 22.9 Å². The third-order valence-corrected chi connectivity index (χ3v) is 7.39. The highest BCUT2D eigenvalue weighted by atomic mass is 32.2. The van der Waals surface area contributed by atoms with E-state index in [1.165, 1.54) is 0 Å². The highest BCUT2D eigenvalue weighted by Crippen LogP contribution is 2.30. The fourth-order valence-electron chi connectivity index (χ4n) is 2.73. The molecule has 152 valence electrons. The predicted molar refractivity (Wildman–Crippen MR) is 109 cm³/mol. The van der Waals surface area contributed by atoms with Crippen LogP contribution in [-0.4, -0.2) is 30.8 Å². The van der Waals surface area contributed by atoms with Gasteiger partial charge in [-0.15, -0.1) is 0 Å². The van der Waals surface area contributed by atoms with Crippen molar-refractivity contribution in [3.63, 3.8) is 0 Å². The maximum atomic E-state index is 12.7. The number of nitro groups is 1. The summed E-state index contributed by atoms with van der Waals surface area (Å²) in [5.74, 6) is 0.234. The number of fused-ring (bicyclic) bond motifs is 1. The molecule has 1 aromatic heterocycles. The van der Waals surface area contributed by atoms with Gasteiger partial charge in [0.15, 0.2) is 5.13 Å². The molecule has 2 heterocycles. The minimum atomic E-state index is -3.92. The number of benzene rings is 2. The molecule has 4 rings (SSSR count). The summed E-state index contributed by atoms with van der Waals surface area (Å²) in [7, 11) is -3.92. The molecule has 0 saturated carbocycles. The van der Waals surface area contributed by atoms with E-state index in [9.17, 15) is 23.3 Å². The van der Waals surface area contributed by atoms with Crippen molar-refractivity contribution in [2.45, 2.75) is 9.10 Å². The van der Waals surface area contributed by atoms with Crippen LogP contribution in [0.1, 0.15) is 5.56 Å². The third-order valence-electron chi connectivity index (χ3n) is 4.25. The van der Waals surface area contributed by atoms with Crippen LogP contribution in [-0.2, 0) is 14.6 Å². The van der Waals surface area contributed by atoms with E-state index in [2.05, 4.69) is 10.3 Å². The number of nitrogens with zero attached hydrogens (tertiary/aromatic N) is 2. The Hall–Kier alpha value is -3.57. The van der Waals surface area contributed by atoms with Gasteiger partial charge in [0.2, 0.25) is 9.84 Å². The molecule has 0 fully saturated rings. The van der Waals surface area contributed by atoms with Gasteiger partial charge >= 0.3 is 0 Å². The van der Waals surface area contributed by atoms with Gasteiger partial charge in [-0.3, -0.25) is 20.2 Å². The number of nitrogens with one attached hydrogen (secondary N) is 1. The lowest BCUT2D eigenvalue weighted by Gasteiger charge is -2.16. The molecule has 1 aliphatic heterocycles. The van der Waals surface area contributed by atoms with E-state index < -0.39 is 20.7 Å². The smallest absolute Gasteiger partial charge is 0.269 e. The molecule has 0 aliphatic carbocycles. The van der Waals surface area contributed by atoms with Crippen LogP contribution >= 0.6 is 11.3 Å². The number of hydrogen-bond donors (Lipinski definition) is 1. The van der Waals surface area contributed by atoms with Gasteiger partial charge in [-0.25, -0.2) is 13.4 Å². The highest BCUT2D eigenvalue weighted by Gasteiger charge is 2.23. The van der Waals surface area contributed by atoms with Gasteiger partial charge in [0.05, 0.1) is 21.6 Å². The zero-order chi connectivity index (χ0) is 21.3. The van der Waals surface area contributed by atoms with Crippen LogP contribution in [0, 0.1) is 10.1 Å². The number of anilines is 1. The monoisotopic (exact) mass is 443 g/mol. The quantitative estimate of drug-likeness (QED) is 0.473. The molecule has 0 atom stereocenters. The van der Waals surface area contributed by atoms with Gasteiger partial charge in [0.25, 0.3) is 11.6 Å². The molecule has 1 N–H and O–H groups in total. The number of nitro benzene ring substituents is 1. The van der Waals surface area contributed by atoms with Crippen molar-refractivity contribution in [1.82, 2.24) is 4.98 Å². The van der Waals surface area contributed by atoms with Crippen molar-refractivity contribution in [3.05, 3.63) is 76.0 Å². The minimum Gasteiger partial charge on any atom is -0.488 e. The lowest BCUT2D eigenvalue weighted by molar-refractivity contribution is -0.384. The van der Waals surface area contributed by atoms with Crippen LogP contribution in [0.2, 0.25) is 0 Å². The summed E-state index contributed by atoms with van der Waals surface area (Å²) in [5, 5.41) is 13.4. The summed E-state index contributed by atoms with van der Waals surface area (Å²) < 4.78 is 30.9. The Morgan fingerprint density at radius 3 is 2.63 bits per heavy atom. The molecule has 2 aromatic carbocycles.